The molecule has 1 aromatic carbocycles. The van der Waals surface area contributed by atoms with E-state index in [1.807, 2.05) is 17.0 Å². The molecule has 0 saturated carbocycles. The first kappa shape index (κ1) is 14.2. The van der Waals surface area contributed by atoms with Crippen LogP contribution in [0.3, 0.4) is 0 Å². The van der Waals surface area contributed by atoms with E-state index in [0.717, 1.165) is 37.3 Å². The second-order valence-corrected chi connectivity index (χ2v) is 6.23. The van der Waals surface area contributed by atoms with Gasteiger partial charge in [-0.25, -0.2) is 0 Å². The molecule has 1 atom stereocenters. The third-order valence-electron chi connectivity index (χ3n) is 4.69. The number of nitrogens with zero attached hydrogens (tertiary/aromatic N) is 2. The van der Waals surface area contributed by atoms with Gasteiger partial charge in [0.25, 0.3) is 5.91 Å². The van der Waals surface area contributed by atoms with Crippen LogP contribution in [0.25, 0.3) is 10.9 Å². The summed E-state index contributed by atoms with van der Waals surface area (Å²) in [5, 5.41) is 1.20. The Bertz CT molecular complexity index is 671. The van der Waals surface area contributed by atoms with Crippen LogP contribution >= 0.6 is 0 Å². The zero-order chi connectivity index (χ0) is 15.0. The van der Waals surface area contributed by atoms with Gasteiger partial charge in [0.05, 0.1) is 0 Å². The molecule has 1 aliphatic rings. The fourth-order valence-corrected chi connectivity index (χ4v) is 3.60. The molecule has 0 N–H and O–H groups in total. The van der Waals surface area contributed by atoms with Gasteiger partial charge in [-0.1, -0.05) is 25.1 Å². The van der Waals surface area contributed by atoms with E-state index < -0.39 is 0 Å². The molecular formula is C18H24N2O. The summed E-state index contributed by atoms with van der Waals surface area (Å²) in [5.41, 5.74) is 3.18. The normalized spacial score (nSPS) is 19.2. The van der Waals surface area contributed by atoms with Crippen molar-refractivity contribution >= 4 is 16.8 Å². The Morgan fingerprint density at radius 3 is 2.81 bits per heavy atom. The largest absolute Gasteiger partial charge is 0.337 e. The highest BCUT2D eigenvalue weighted by Gasteiger charge is 2.27. The predicted molar refractivity (Wildman–Crippen MR) is 86.7 cm³/mol. The van der Waals surface area contributed by atoms with Gasteiger partial charge in [-0.05, 0) is 44.2 Å². The van der Waals surface area contributed by atoms with E-state index >= 15 is 0 Å². The topological polar surface area (TPSA) is 25.2 Å². The van der Waals surface area contributed by atoms with Gasteiger partial charge in [0, 0.05) is 30.5 Å². The number of carbonyl (C=O) groups is 1. The number of carbonyl (C=O) groups excluding carboxylic acids is 1. The summed E-state index contributed by atoms with van der Waals surface area (Å²) in [5.74, 6) is 0.819. The number of piperidine rings is 1. The average Bonchev–Trinajstić information content (AvgIpc) is 2.79. The van der Waals surface area contributed by atoms with Crippen molar-refractivity contribution < 1.29 is 4.79 Å². The Labute approximate surface area is 126 Å². The van der Waals surface area contributed by atoms with Gasteiger partial charge in [0.15, 0.2) is 0 Å². The summed E-state index contributed by atoms with van der Waals surface area (Å²) in [7, 11) is 0. The fourth-order valence-electron chi connectivity index (χ4n) is 3.60. The maximum absolute atomic E-state index is 13.0. The fraction of sp³-hybridized carbons (Fsp3) is 0.500. The number of amides is 1. The van der Waals surface area contributed by atoms with E-state index in [1.54, 1.807) is 0 Å². The molecule has 1 unspecified atom stereocenters. The first-order valence-corrected chi connectivity index (χ1v) is 8.00. The number of benzene rings is 1. The van der Waals surface area contributed by atoms with Crippen LogP contribution in [0.4, 0.5) is 0 Å². The zero-order valence-electron chi connectivity index (χ0n) is 13.2. The van der Waals surface area contributed by atoms with Gasteiger partial charge in [-0.3, -0.25) is 4.79 Å². The van der Waals surface area contributed by atoms with Crippen LogP contribution in [0, 0.1) is 12.8 Å². The number of aryl methyl sites for hydroxylation is 2. The van der Waals surface area contributed by atoms with Crippen LogP contribution in [0.2, 0.25) is 0 Å². The number of hydrogen-bond acceptors (Lipinski definition) is 1. The highest BCUT2D eigenvalue weighted by molar-refractivity contribution is 6.01. The lowest BCUT2D eigenvalue weighted by atomic mass is 10.00. The smallest absolute Gasteiger partial charge is 0.270 e. The second kappa shape index (κ2) is 5.55. The molecule has 2 heterocycles. The molecule has 1 aliphatic heterocycles. The number of fused-ring (bicyclic) bond motifs is 1. The zero-order valence-corrected chi connectivity index (χ0v) is 13.2. The monoisotopic (exact) mass is 284 g/mol. The summed E-state index contributed by atoms with van der Waals surface area (Å²) in [4.78, 5) is 15.1. The van der Waals surface area contributed by atoms with Gasteiger partial charge < -0.3 is 9.47 Å². The van der Waals surface area contributed by atoms with Crippen LogP contribution in [0.5, 0.6) is 0 Å². The lowest BCUT2D eigenvalue weighted by Gasteiger charge is -2.31. The van der Waals surface area contributed by atoms with E-state index in [1.165, 1.54) is 17.3 Å². The number of aromatic nitrogens is 1. The minimum Gasteiger partial charge on any atom is -0.337 e. The van der Waals surface area contributed by atoms with E-state index in [-0.39, 0.29) is 5.91 Å². The van der Waals surface area contributed by atoms with Crippen molar-refractivity contribution in [1.82, 2.24) is 9.47 Å². The van der Waals surface area contributed by atoms with E-state index in [4.69, 9.17) is 0 Å². The van der Waals surface area contributed by atoms with Crippen molar-refractivity contribution in [3.63, 3.8) is 0 Å². The Hall–Kier alpha value is -1.77. The van der Waals surface area contributed by atoms with Crippen molar-refractivity contribution in [3.8, 4) is 0 Å². The first-order valence-electron chi connectivity index (χ1n) is 8.00. The third kappa shape index (κ3) is 2.35. The van der Waals surface area contributed by atoms with Gasteiger partial charge in [0.2, 0.25) is 0 Å². The van der Waals surface area contributed by atoms with Crippen LogP contribution in [-0.4, -0.2) is 28.5 Å². The van der Waals surface area contributed by atoms with E-state index in [2.05, 4.69) is 37.5 Å². The summed E-state index contributed by atoms with van der Waals surface area (Å²) in [6, 6.07) is 8.32. The minimum atomic E-state index is 0.206. The molecule has 0 spiro atoms. The highest BCUT2D eigenvalue weighted by atomic mass is 16.2. The second-order valence-electron chi connectivity index (χ2n) is 6.23. The summed E-state index contributed by atoms with van der Waals surface area (Å²) >= 11 is 0. The van der Waals surface area contributed by atoms with Crippen molar-refractivity contribution in [2.24, 2.45) is 5.92 Å². The van der Waals surface area contributed by atoms with Crippen molar-refractivity contribution in [3.05, 3.63) is 35.5 Å². The van der Waals surface area contributed by atoms with Crippen LogP contribution < -0.4 is 0 Å². The molecule has 3 nitrogen and oxygen atoms in total. The summed E-state index contributed by atoms with van der Waals surface area (Å²) in [6.07, 6.45) is 2.36. The molecule has 1 amide bonds. The molecule has 0 aliphatic carbocycles. The Balaban J connectivity index is 2.07. The maximum Gasteiger partial charge on any atom is 0.270 e. The Kier molecular flexibility index (Phi) is 3.75. The van der Waals surface area contributed by atoms with Crippen molar-refractivity contribution in [2.75, 3.05) is 13.1 Å². The molecule has 1 saturated heterocycles. The molecule has 0 bridgehead atoms. The SMILES string of the molecule is CCn1c(C(=O)N2CCCC(C)C2)c(C)c2ccccc21. The van der Waals surface area contributed by atoms with Crippen LogP contribution in [0.15, 0.2) is 24.3 Å². The van der Waals surface area contributed by atoms with E-state index in [0.29, 0.717) is 5.92 Å². The quantitative estimate of drug-likeness (QED) is 0.822. The number of hydrogen-bond donors (Lipinski definition) is 0. The molecule has 0 radical (unpaired) electrons. The molecule has 112 valence electrons. The van der Waals surface area contributed by atoms with Gasteiger partial charge in [-0.2, -0.15) is 0 Å². The predicted octanol–water partition coefficient (Wildman–Crippen LogP) is 3.84. The highest BCUT2D eigenvalue weighted by Crippen LogP contribution is 2.28. The van der Waals surface area contributed by atoms with Crippen LogP contribution in [-0.2, 0) is 6.54 Å². The first-order chi connectivity index (χ1) is 10.1. The molecule has 21 heavy (non-hydrogen) atoms. The Morgan fingerprint density at radius 1 is 1.33 bits per heavy atom. The number of likely N-dealkylation sites (tertiary alicyclic amines) is 1. The molecule has 1 fully saturated rings. The van der Waals surface area contributed by atoms with Crippen LogP contribution in [0.1, 0.15) is 42.7 Å². The lowest BCUT2D eigenvalue weighted by molar-refractivity contribution is 0.0672. The molecule has 3 rings (SSSR count). The maximum atomic E-state index is 13.0. The lowest BCUT2D eigenvalue weighted by Crippen LogP contribution is -2.40. The van der Waals surface area contributed by atoms with Crippen molar-refractivity contribution in [2.45, 2.75) is 40.2 Å². The van der Waals surface area contributed by atoms with Gasteiger partial charge >= 0.3 is 0 Å². The van der Waals surface area contributed by atoms with Gasteiger partial charge in [0.1, 0.15) is 5.69 Å². The van der Waals surface area contributed by atoms with Crippen molar-refractivity contribution in [1.29, 1.82) is 0 Å². The molecular weight excluding hydrogens is 260 g/mol. The Morgan fingerprint density at radius 2 is 2.10 bits per heavy atom. The molecule has 1 aromatic heterocycles. The summed E-state index contributed by atoms with van der Waals surface area (Å²) in [6.45, 7) is 9.05. The minimum absolute atomic E-state index is 0.206. The number of rotatable bonds is 2. The summed E-state index contributed by atoms with van der Waals surface area (Å²) < 4.78 is 2.17. The van der Waals surface area contributed by atoms with E-state index in [9.17, 15) is 4.79 Å². The van der Waals surface area contributed by atoms with Gasteiger partial charge in [-0.15, -0.1) is 0 Å². The molecule has 2 aromatic rings. The standard InChI is InChI=1S/C18H24N2O/c1-4-20-16-10-6-5-9-15(16)14(3)17(20)18(21)19-11-7-8-13(2)12-19/h5-6,9-10,13H,4,7-8,11-12H2,1-3H3. The number of para-hydroxylation sites is 1. The third-order valence-corrected chi connectivity index (χ3v) is 4.69. The molecule has 3 heteroatoms. The average molecular weight is 284 g/mol.